The van der Waals surface area contributed by atoms with Crippen LogP contribution in [0.2, 0.25) is 0 Å². The highest BCUT2D eigenvalue weighted by atomic mass is 32.1. The average Bonchev–Trinajstić information content (AvgIpc) is 2.68. The molecule has 0 unspecified atom stereocenters. The third kappa shape index (κ3) is 1.25. The molecule has 4 nitrogen and oxygen atoms in total. The Morgan fingerprint density at radius 2 is 2.50 bits per heavy atom. The Morgan fingerprint density at radius 3 is 3.00 bits per heavy atom. The van der Waals surface area contributed by atoms with Crippen LogP contribution in [0.15, 0.2) is 0 Å². The lowest BCUT2D eigenvalue weighted by Gasteiger charge is -2.34. The zero-order valence-corrected chi connectivity index (χ0v) is 8.81. The molecule has 2 radical (unpaired) electrons. The van der Waals surface area contributed by atoms with Crippen LogP contribution in [0, 0.1) is 0 Å². The quantitative estimate of drug-likeness (QED) is 0.384. The van der Waals surface area contributed by atoms with Gasteiger partial charge in [-0.3, -0.25) is 0 Å². The highest BCUT2D eigenvalue weighted by Crippen LogP contribution is 2.44. The Labute approximate surface area is 89.9 Å². The van der Waals surface area contributed by atoms with Gasteiger partial charge < -0.3 is 18.8 Å². The van der Waals surface area contributed by atoms with Gasteiger partial charge in [-0.2, -0.15) is 0 Å². The Balaban J connectivity index is 2.24. The van der Waals surface area contributed by atoms with E-state index in [4.69, 9.17) is 21.5 Å². The molecule has 2 bridgehead atoms. The van der Waals surface area contributed by atoms with Crippen molar-refractivity contribution in [3.63, 3.8) is 0 Å². The van der Waals surface area contributed by atoms with Crippen LogP contribution < -0.4 is 0 Å². The van der Waals surface area contributed by atoms with Crippen molar-refractivity contribution in [1.82, 2.24) is 0 Å². The normalized spacial score (nSPS) is 48.4. The minimum Gasteiger partial charge on any atom is -0.390 e. The first-order valence-corrected chi connectivity index (χ1v) is 5.05. The molecule has 6 heteroatoms. The molecule has 14 heavy (non-hydrogen) atoms. The third-order valence-corrected chi connectivity index (χ3v) is 3.25. The minimum atomic E-state index is -0.833. The van der Waals surface area contributed by atoms with Gasteiger partial charge in [0, 0.05) is 6.00 Å². The fourth-order valence-electron chi connectivity index (χ4n) is 2.22. The van der Waals surface area contributed by atoms with Gasteiger partial charge >= 0.3 is 0 Å². The molecular formula is C8H13BO4S. The number of hydrogen-bond donors (Lipinski definition) is 2. The molecule has 5 atom stereocenters. The molecule has 0 aromatic carbocycles. The van der Waals surface area contributed by atoms with Crippen molar-refractivity contribution >= 4 is 20.8 Å². The van der Waals surface area contributed by atoms with Crippen LogP contribution in [-0.2, 0) is 13.7 Å². The van der Waals surface area contributed by atoms with Gasteiger partial charge in [0.2, 0.25) is 0 Å². The van der Waals surface area contributed by atoms with E-state index in [1.54, 1.807) is 0 Å². The molecule has 0 aromatic heterocycles. The summed E-state index contributed by atoms with van der Waals surface area (Å²) in [6.45, 7) is 2.18. The van der Waals surface area contributed by atoms with E-state index in [-0.39, 0.29) is 6.10 Å². The number of rotatable bonds is 3. The van der Waals surface area contributed by atoms with Crippen LogP contribution in [0.5, 0.6) is 0 Å². The largest absolute Gasteiger partial charge is 0.390 e. The van der Waals surface area contributed by atoms with E-state index in [0.717, 1.165) is 0 Å². The summed E-state index contributed by atoms with van der Waals surface area (Å²) in [6.07, 6.45) is -0.793. The molecular weight excluding hydrogens is 203 g/mol. The lowest BCUT2D eigenvalue weighted by atomic mass is 9.88. The van der Waals surface area contributed by atoms with Crippen molar-refractivity contribution in [2.75, 3.05) is 6.61 Å². The van der Waals surface area contributed by atoms with Crippen LogP contribution in [0.3, 0.4) is 0 Å². The zero-order chi connectivity index (χ0) is 10.3. The lowest BCUT2D eigenvalue weighted by molar-refractivity contribution is -0.166. The number of thiol groups is 1. The molecule has 0 spiro atoms. The molecule has 2 fully saturated rings. The molecule has 0 amide bonds. The molecule has 2 saturated heterocycles. The van der Waals surface area contributed by atoms with Gasteiger partial charge in [-0.05, 0) is 19.3 Å². The van der Waals surface area contributed by atoms with Gasteiger partial charge in [-0.15, -0.1) is 0 Å². The Bertz CT molecular complexity index is 229. The second-order valence-electron chi connectivity index (χ2n) is 3.76. The smallest absolute Gasteiger partial charge is 0.146 e. The molecule has 2 aliphatic rings. The number of aliphatic hydroxyl groups is 1. The third-order valence-electron chi connectivity index (χ3n) is 3.02. The molecule has 0 saturated carbocycles. The number of aliphatic hydroxyl groups excluding tert-OH is 1. The molecule has 0 aliphatic carbocycles. The van der Waals surface area contributed by atoms with Gasteiger partial charge in [0.05, 0.1) is 12.7 Å². The van der Waals surface area contributed by atoms with Gasteiger partial charge in [0.15, 0.2) is 0 Å². The predicted octanol–water partition coefficient (Wildman–Crippen LogP) is -0.350. The van der Waals surface area contributed by atoms with Crippen LogP contribution >= 0.6 is 12.9 Å². The first kappa shape index (κ1) is 10.8. The summed E-state index contributed by atoms with van der Waals surface area (Å²) < 4.78 is 15.9. The van der Waals surface area contributed by atoms with Crippen molar-refractivity contribution < 1.29 is 18.8 Å². The van der Waals surface area contributed by atoms with Crippen LogP contribution in [0.25, 0.3) is 0 Å². The summed E-state index contributed by atoms with van der Waals surface area (Å²) in [5.41, 5.74) is -0.833. The average molecular weight is 216 g/mol. The maximum atomic E-state index is 9.88. The topological polar surface area (TPSA) is 47.9 Å². The highest BCUT2D eigenvalue weighted by Gasteiger charge is 2.63. The fourth-order valence-corrected chi connectivity index (χ4v) is 2.52. The summed E-state index contributed by atoms with van der Waals surface area (Å²) in [4.78, 5) is 0. The minimum absolute atomic E-state index is 0.311. The van der Waals surface area contributed by atoms with Crippen LogP contribution in [0.4, 0.5) is 0 Å². The number of hydrogen-bond acceptors (Lipinski definition) is 5. The summed E-state index contributed by atoms with van der Waals surface area (Å²) in [5.74, 6) is 0. The summed E-state index contributed by atoms with van der Waals surface area (Å²) in [6, 6.07) is -0.540. The van der Waals surface area contributed by atoms with E-state index in [0.29, 0.717) is 13.0 Å². The maximum absolute atomic E-state index is 9.88. The van der Waals surface area contributed by atoms with Gasteiger partial charge in [0.25, 0.3) is 0 Å². The molecule has 2 rings (SSSR count). The summed E-state index contributed by atoms with van der Waals surface area (Å²) >= 11 is 3.78. The van der Waals surface area contributed by atoms with Gasteiger partial charge in [-0.1, -0.05) is 6.92 Å². The van der Waals surface area contributed by atoms with Crippen LogP contribution in [0.1, 0.15) is 13.3 Å². The van der Waals surface area contributed by atoms with E-state index < -0.39 is 23.8 Å². The lowest BCUT2D eigenvalue weighted by Crippen LogP contribution is -2.51. The Hall–Kier alpha value is 0.255. The molecule has 2 aliphatic heterocycles. The molecule has 78 valence electrons. The monoisotopic (exact) mass is 216 g/mol. The van der Waals surface area contributed by atoms with E-state index in [2.05, 4.69) is 12.9 Å². The maximum Gasteiger partial charge on any atom is 0.146 e. The molecule has 1 N–H and O–H groups in total. The second-order valence-corrected chi connectivity index (χ2v) is 3.97. The van der Waals surface area contributed by atoms with Crippen molar-refractivity contribution in [1.29, 1.82) is 0 Å². The number of fused-ring (bicyclic) bond motifs is 2. The number of ether oxygens (including phenoxy) is 2. The summed E-state index contributed by atoms with van der Waals surface area (Å²) in [5, 5.41) is 9.88. The highest BCUT2D eigenvalue weighted by molar-refractivity contribution is 7.75. The van der Waals surface area contributed by atoms with Crippen molar-refractivity contribution in [2.45, 2.75) is 43.3 Å². The standard InChI is InChI=1S/C8H13BO4S/c1-2-4(10)8-3-11-5(6(8)13-14)7(9)12-8/h4-7,10,14H,2-3H2,1H3/t4-,5+,6-,7+,8+/m0/s1. The van der Waals surface area contributed by atoms with Gasteiger partial charge in [-0.25, -0.2) is 0 Å². The fraction of sp³-hybridized carbons (Fsp3) is 1.00. The molecule has 2 heterocycles. The Kier molecular flexibility index (Phi) is 2.83. The van der Waals surface area contributed by atoms with E-state index in [1.165, 1.54) is 0 Å². The molecule has 0 aromatic rings. The van der Waals surface area contributed by atoms with Crippen LogP contribution in [-0.4, -0.2) is 49.5 Å². The second kappa shape index (κ2) is 3.68. The van der Waals surface area contributed by atoms with E-state index >= 15 is 0 Å². The SMILES string of the molecule is [B][C@@H]1O[C@@]2([C@@H](O)CC)CO[C@@H]1[C@@H]2OS. The zero-order valence-electron chi connectivity index (χ0n) is 7.92. The Morgan fingerprint density at radius 1 is 1.79 bits per heavy atom. The van der Waals surface area contributed by atoms with Crippen molar-refractivity contribution in [2.24, 2.45) is 0 Å². The van der Waals surface area contributed by atoms with E-state index in [9.17, 15) is 5.11 Å². The van der Waals surface area contributed by atoms with E-state index in [1.807, 2.05) is 6.92 Å². The predicted molar refractivity (Wildman–Crippen MR) is 53.3 cm³/mol. The van der Waals surface area contributed by atoms with Crippen molar-refractivity contribution in [3.05, 3.63) is 0 Å². The summed E-state index contributed by atoms with van der Waals surface area (Å²) in [7, 11) is 5.69. The van der Waals surface area contributed by atoms with Crippen molar-refractivity contribution in [3.8, 4) is 0 Å². The first-order valence-electron chi connectivity index (χ1n) is 4.69. The van der Waals surface area contributed by atoms with Gasteiger partial charge in [0.1, 0.15) is 25.7 Å². The first-order chi connectivity index (χ1) is 6.65.